The van der Waals surface area contributed by atoms with Crippen LogP contribution in [0, 0.1) is 0 Å². The van der Waals surface area contributed by atoms with Crippen molar-refractivity contribution in [3.8, 4) is 5.88 Å². The molecule has 3 rings (SSSR count). The largest absolute Gasteiger partial charge is 0.481 e. The maximum atomic E-state index is 6.24. The van der Waals surface area contributed by atoms with Crippen molar-refractivity contribution in [3.05, 3.63) is 18.0 Å². The Morgan fingerprint density at radius 1 is 1.39 bits per heavy atom. The summed E-state index contributed by atoms with van der Waals surface area (Å²) in [6.07, 6.45) is 3.63. The Labute approximate surface area is 111 Å². The van der Waals surface area contributed by atoms with Gasteiger partial charge in [-0.3, -0.25) is 0 Å². The van der Waals surface area contributed by atoms with Gasteiger partial charge in [0, 0.05) is 12.1 Å². The number of rotatable bonds is 3. The fraction of sp³-hybridized carbons (Fsp3) is 0.538. The van der Waals surface area contributed by atoms with Gasteiger partial charge in [0.2, 0.25) is 5.88 Å². The number of hydrogen-bond acceptors (Lipinski definition) is 3. The molecule has 0 radical (unpaired) electrons. The molecule has 2 aromatic heterocycles. The van der Waals surface area contributed by atoms with Gasteiger partial charge in [0.25, 0.3) is 0 Å². The van der Waals surface area contributed by atoms with Crippen LogP contribution < -0.4 is 4.74 Å². The van der Waals surface area contributed by atoms with E-state index in [4.69, 9.17) is 16.3 Å². The van der Waals surface area contributed by atoms with Crippen LogP contribution in [0.15, 0.2) is 12.1 Å². The lowest BCUT2D eigenvalue weighted by atomic mass is 9.92. The summed E-state index contributed by atoms with van der Waals surface area (Å²) in [5, 5.41) is -0.106. The van der Waals surface area contributed by atoms with Gasteiger partial charge in [-0.05, 0) is 32.3 Å². The normalized spacial score (nSPS) is 17.7. The minimum Gasteiger partial charge on any atom is -0.481 e. The molecule has 96 valence electrons. The van der Waals surface area contributed by atoms with Crippen molar-refractivity contribution in [3.63, 3.8) is 0 Å². The Hall–Kier alpha value is -1.29. The third-order valence-electron chi connectivity index (χ3n) is 3.54. The van der Waals surface area contributed by atoms with E-state index in [1.807, 2.05) is 19.1 Å². The molecule has 0 aliphatic heterocycles. The van der Waals surface area contributed by atoms with Crippen LogP contribution in [0.5, 0.6) is 5.88 Å². The van der Waals surface area contributed by atoms with Crippen LogP contribution in [0.1, 0.15) is 43.4 Å². The predicted octanol–water partition coefficient (Wildman–Crippen LogP) is 3.46. The summed E-state index contributed by atoms with van der Waals surface area (Å²) in [5.74, 6) is 1.54. The van der Waals surface area contributed by atoms with Gasteiger partial charge in [-0.25, -0.2) is 4.98 Å². The average Bonchev–Trinajstić information content (AvgIpc) is 2.66. The van der Waals surface area contributed by atoms with Crippen molar-refractivity contribution in [2.75, 3.05) is 7.11 Å². The lowest BCUT2D eigenvalue weighted by Crippen LogP contribution is -2.19. The van der Waals surface area contributed by atoms with E-state index in [1.54, 1.807) is 7.11 Å². The van der Waals surface area contributed by atoms with Crippen LogP contribution >= 0.6 is 11.6 Å². The topological polar surface area (TPSA) is 39.9 Å². The van der Waals surface area contributed by atoms with E-state index >= 15 is 0 Å². The second-order valence-corrected chi connectivity index (χ2v) is 5.39. The molecule has 5 heteroatoms. The molecule has 0 amide bonds. The predicted molar refractivity (Wildman–Crippen MR) is 71.2 cm³/mol. The molecule has 1 aliphatic rings. The fourth-order valence-corrected chi connectivity index (χ4v) is 2.53. The van der Waals surface area contributed by atoms with Crippen LogP contribution in [-0.2, 0) is 0 Å². The average molecular weight is 266 g/mol. The van der Waals surface area contributed by atoms with Gasteiger partial charge < -0.3 is 9.30 Å². The minimum absolute atomic E-state index is 0.106. The summed E-state index contributed by atoms with van der Waals surface area (Å²) in [7, 11) is 1.63. The first kappa shape index (κ1) is 11.8. The van der Waals surface area contributed by atoms with Crippen LogP contribution in [0.2, 0.25) is 0 Å². The Kier molecular flexibility index (Phi) is 2.90. The molecule has 0 spiro atoms. The number of ether oxygens (including phenoxy) is 1. The molecule has 1 saturated carbocycles. The van der Waals surface area contributed by atoms with Crippen molar-refractivity contribution in [2.24, 2.45) is 0 Å². The number of pyridine rings is 1. The zero-order valence-electron chi connectivity index (χ0n) is 10.6. The first-order valence-corrected chi connectivity index (χ1v) is 6.71. The molecule has 1 aliphatic carbocycles. The number of methoxy groups -OCH3 is 1. The van der Waals surface area contributed by atoms with Gasteiger partial charge in [0.1, 0.15) is 11.3 Å². The molecule has 18 heavy (non-hydrogen) atoms. The van der Waals surface area contributed by atoms with Crippen molar-refractivity contribution in [2.45, 2.75) is 37.6 Å². The lowest BCUT2D eigenvalue weighted by molar-refractivity contribution is 0.311. The summed E-state index contributed by atoms with van der Waals surface area (Å²) in [4.78, 5) is 9.12. The third-order valence-corrected chi connectivity index (χ3v) is 3.74. The number of hydrogen-bond donors (Lipinski definition) is 0. The Bertz CT molecular complexity index is 575. The minimum atomic E-state index is -0.106. The van der Waals surface area contributed by atoms with Gasteiger partial charge in [-0.15, -0.1) is 11.6 Å². The molecule has 1 atom stereocenters. The summed E-state index contributed by atoms with van der Waals surface area (Å²) in [6.45, 7) is 1.95. The molecule has 0 N–H and O–H groups in total. The Morgan fingerprint density at radius 2 is 2.17 bits per heavy atom. The van der Waals surface area contributed by atoms with Crippen LogP contribution in [0.3, 0.4) is 0 Å². The molecule has 2 aromatic rings. The highest BCUT2D eigenvalue weighted by molar-refractivity contribution is 6.20. The first-order chi connectivity index (χ1) is 8.70. The molecule has 0 bridgehead atoms. The zero-order chi connectivity index (χ0) is 12.7. The second-order valence-electron chi connectivity index (χ2n) is 4.74. The van der Waals surface area contributed by atoms with E-state index in [-0.39, 0.29) is 5.38 Å². The number of fused-ring (bicyclic) bond motifs is 1. The molecule has 2 heterocycles. The number of imidazole rings is 1. The monoisotopic (exact) mass is 265 g/mol. The summed E-state index contributed by atoms with van der Waals surface area (Å²) in [6, 6.07) is 4.27. The SMILES string of the molecule is COc1ccc2nc(C(C)Cl)n(C3CCC3)c2n1. The van der Waals surface area contributed by atoms with Crippen molar-refractivity contribution >= 4 is 22.8 Å². The van der Waals surface area contributed by atoms with Crippen LogP contribution in [-0.4, -0.2) is 21.6 Å². The van der Waals surface area contributed by atoms with Gasteiger partial charge in [0.15, 0.2) is 5.65 Å². The molecule has 4 nitrogen and oxygen atoms in total. The van der Waals surface area contributed by atoms with Gasteiger partial charge >= 0.3 is 0 Å². The van der Waals surface area contributed by atoms with E-state index in [0.29, 0.717) is 11.9 Å². The van der Waals surface area contributed by atoms with Gasteiger partial charge in [-0.2, -0.15) is 4.98 Å². The van der Waals surface area contributed by atoms with E-state index in [9.17, 15) is 0 Å². The maximum Gasteiger partial charge on any atom is 0.215 e. The quantitative estimate of drug-likeness (QED) is 0.798. The van der Waals surface area contributed by atoms with Crippen molar-refractivity contribution in [1.29, 1.82) is 0 Å². The second kappa shape index (κ2) is 4.43. The molecule has 1 fully saturated rings. The van der Waals surface area contributed by atoms with Gasteiger partial charge in [-0.1, -0.05) is 0 Å². The molecule has 0 aromatic carbocycles. The Balaban J connectivity index is 2.21. The zero-order valence-corrected chi connectivity index (χ0v) is 11.3. The maximum absolute atomic E-state index is 6.24. The number of alkyl halides is 1. The molecular weight excluding hydrogens is 250 g/mol. The van der Waals surface area contributed by atoms with E-state index in [2.05, 4.69) is 14.5 Å². The highest BCUT2D eigenvalue weighted by Gasteiger charge is 2.27. The molecular formula is C13H16ClN3O. The van der Waals surface area contributed by atoms with E-state index in [1.165, 1.54) is 19.3 Å². The van der Waals surface area contributed by atoms with E-state index in [0.717, 1.165) is 17.0 Å². The number of nitrogens with zero attached hydrogens (tertiary/aromatic N) is 3. The smallest absolute Gasteiger partial charge is 0.215 e. The van der Waals surface area contributed by atoms with E-state index < -0.39 is 0 Å². The summed E-state index contributed by atoms with van der Waals surface area (Å²) < 4.78 is 7.39. The molecule has 0 saturated heterocycles. The van der Waals surface area contributed by atoms with Gasteiger partial charge in [0.05, 0.1) is 12.5 Å². The first-order valence-electron chi connectivity index (χ1n) is 6.27. The highest BCUT2D eigenvalue weighted by atomic mass is 35.5. The number of aromatic nitrogens is 3. The van der Waals surface area contributed by atoms with Crippen molar-refractivity contribution < 1.29 is 4.74 Å². The standard InChI is InChI=1S/C13H16ClN3O/c1-8(14)12-15-10-6-7-11(18-2)16-13(10)17(12)9-4-3-5-9/h6-9H,3-5H2,1-2H3. The lowest BCUT2D eigenvalue weighted by Gasteiger charge is -2.29. The summed E-state index contributed by atoms with van der Waals surface area (Å²) in [5.41, 5.74) is 1.78. The fourth-order valence-electron chi connectivity index (χ4n) is 2.37. The number of halogens is 1. The van der Waals surface area contributed by atoms with Crippen LogP contribution in [0.25, 0.3) is 11.2 Å². The Morgan fingerprint density at radius 3 is 2.72 bits per heavy atom. The van der Waals surface area contributed by atoms with Crippen LogP contribution in [0.4, 0.5) is 0 Å². The third kappa shape index (κ3) is 1.75. The summed E-state index contributed by atoms with van der Waals surface area (Å²) >= 11 is 6.24. The van der Waals surface area contributed by atoms with Crippen molar-refractivity contribution in [1.82, 2.24) is 14.5 Å². The highest BCUT2D eigenvalue weighted by Crippen LogP contribution is 2.37. The molecule has 1 unspecified atom stereocenters.